The zero-order valence-corrected chi connectivity index (χ0v) is 14.4. The molecule has 0 unspecified atom stereocenters. The van der Waals surface area contributed by atoms with E-state index >= 15 is 0 Å². The lowest BCUT2D eigenvalue weighted by molar-refractivity contribution is -0.153. The Labute approximate surface area is 153 Å². The number of ether oxygens (including phenoxy) is 1. The molecule has 0 radical (unpaired) electrons. The van der Waals surface area contributed by atoms with E-state index in [0.29, 0.717) is 17.0 Å². The first-order chi connectivity index (χ1) is 12.4. The maximum absolute atomic E-state index is 12.1. The van der Waals surface area contributed by atoms with Crippen LogP contribution in [-0.4, -0.2) is 24.4 Å². The number of carbonyl (C=O) groups is 1. The first-order valence-corrected chi connectivity index (χ1v) is 8.67. The van der Waals surface area contributed by atoms with E-state index < -0.39 is 12.8 Å². The number of anilines is 1. The zero-order valence-electron chi connectivity index (χ0n) is 13.5. The summed E-state index contributed by atoms with van der Waals surface area (Å²) in [6.07, 6.45) is -4.39. The van der Waals surface area contributed by atoms with Gasteiger partial charge in [0.05, 0.1) is 17.4 Å². The smallest absolute Gasteiger partial charge is 0.422 e. The number of thioether (sulfide) groups is 1. The Bertz CT molecular complexity index is 769. The molecule has 0 aliphatic rings. The molecular formula is C18H15F3N2O2S. The van der Waals surface area contributed by atoms with Crippen LogP contribution in [0.1, 0.15) is 11.1 Å². The third kappa shape index (κ3) is 7.07. The Balaban J connectivity index is 1.74. The van der Waals surface area contributed by atoms with Gasteiger partial charge in [0.1, 0.15) is 5.75 Å². The number of carbonyl (C=O) groups excluding carboxylic acids is 1. The molecule has 0 aliphatic heterocycles. The molecule has 0 spiro atoms. The molecule has 8 heteroatoms. The lowest BCUT2D eigenvalue weighted by Crippen LogP contribution is -2.19. The largest absolute Gasteiger partial charge is 0.484 e. The number of nitrogens with one attached hydrogen (secondary N) is 1. The first kappa shape index (κ1) is 19.7. The van der Waals surface area contributed by atoms with E-state index in [9.17, 15) is 18.0 Å². The Morgan fingerprint density at radius 2 is 1.77 bits per heavy atom. The highest BCUT2D eigenvalue weighted by Crippen LogP contribution is 2.20. The van der Waals surface area contributed by atoms with Crippen LogP contribution in [0.4, 0.5) is 18.9 Å². The fourth-order valence-electron chi connectivity index (χ4n) is 1.93. The zero-order chi connectivity index (χ0) is 19.0. The number of alkyl halides is 3. The number of nitriles is 1. The van der Waals surface area contributed by atoms with Gasteiger partial charge >= 0.3 is 6.18 Å². The normalized spacial score (nSPS) is 10.8. The van der Waals surface area contributed by atoms with Gasteiger partial charge in [-0.3, -0.25) is 4.79 Å². The van der Waals surface area contributed by atoms with Crippen LogP contribution in [0.2, 0.25) is 0 Å². The number of hydrogen-bond donors (Lipinski definition) is 1. The van der Waals surface area contributed by atoms with Gasteiger partial charge in [-0.25, -0.2) is 0 Å². The van der Waals surface area contributed by atoms with Crippen molar-refractivity contribution in [3.05, 3.63) is 59.7 Å². The van der Waals surface area contributed by atoms with Gasteiger partial charge < -0.3 is 10.1 Å². The summed E-state index contributed by atoms with van der Waals surface area (Å²) in [7, 11) is 0. The molecule has 2 rings (SSSR count). The van der Waals surface area contributed by atoms with Crippen LogP contribution >= 0.6 is 11.8 Å². The van der Waals surface area contributed by atoms with E-state index in [4.69, 9.17) is 5.26 Å². The van der Waals surface area contributed by atoms with E-state index in [1.54, 1.807) is 12.1 Å². The number of rotatable bonds is 7. The summed E-state index contributed by atoms with van der Waals surface area (Å²) in [4.78, 5) is 11.9. The summed E-state index contributed by atoms with van der Waals surface area (Å²) in [5.74, 6) is 0.721. The molecule has 1 N–H and O–H groups in total. The fourth-order valence-corrected chi connectivity index (χ4v) is 2.72. The number of amides is 1. The molecule has 0 fully saturated rings. The predicted molar refractivity (Wildman–Crippen MR) is 93.9 cm³/mol. The van der Waals surface area contributed by atoms with Gasteiger partial charge in [-0.15, -0.1) is 11.8 Å². The Morgan fingerprint density at radius 1 is 1.12 bits per heavy atom. The topological polar surface area (TPSA) is 62.1 Å². The average molecular weight is 380 g/mol. The molecule has 0 saturated carbocycles. The van der Waals surface area contributed by atoms with Gasteiger partial charge in [0.25, 0.3) is 0 Å². The van der Waals surface area contributed by atoms with Crippen LogP contribution < -0.4 is 10.1 Å². The quantitative estimate of drug-likeness (QED) is 0.775. The minimum atomic E-state index is -4.39. The van der Waals surface area contributed by atoms with E-state index in [1.165, 1.54) is 36.0 Å². The maximum Gasteiger partial charge on any atom is 0.422 e. The van der Waals surface area contributed by atoms with Crippen molar-refractivity contribution < 1.29 is 22.7 Å². The monoisotopic (exact) mass is 380 g/mol. The fraction of sp³-hybridized carbons (Fsp3) is 0.222. The minimum Gasteiger partial charge on any atom is -0.484 e. The van der Waals surface area contributed by atoms with Gasteiger partial charge in [-0.1, -0.05) is 12.1 Å². The second-order valence-electron chi connectivity index (χ2n) is 5.28. The minimum absolute atomic E-state index is 0.0792. The van der Waals surface area contributed by atoms with Crippen LogP contribution in [0.3, 0.4) is 0 Å². The van der Waals surface area contributed by atoms with Gasteiger partial charge in [0.2, 0.25) is 5.91 Å². The molecule has 0 atom stereocenters. The summed E-state index contributed by atoms with van der Waals surface area (Å²) < 4.78 is 40.8. The Hall–Kier alpha value is -2.66. The molecule has 4 nitrogen and oxygen atoms in total. The molecule has 1 amide bonds. The van der Waals surface area contributed by atoms with Crippen molar-refractivity contribution in [1.82, 2.24) is 0 Å². The van der Waals surface area contributed by atoms with Crippen molar-refractivity contribution in [2.45, 2.75) is 11.9 Å². The van der Waals surface area contributed by atoms with E-state index in [1.807, 2.05) is 18.2 Å². The molecule has 0 aromatic heterocycles. The Kier molecular flexibility index (Phi) is 6.92. The third-order valence-corrected chi connectivity index (χ3v) is 4.13. The summed E-state index contributed by atoms with van der Waals surface area (Å²) in [5.41, 5.74) is 2.07. The first-order valence-electron chi connectivity index (χ1n) is 7.52. The number of nitrogens with zero attached hydrogens (tertiary/aromatic N) is 1. The van der Waals surface area contributed by atoms with Gasteiger partial charge in [-0.2, -0.15) is 18.4 Å². The highest BCUT2D eigenvalue weighted by Gasteiger charge is 2.28. The third-order valence-electron chi connectivity index (χ3n) is 3.13. The molecule has 0 aliphatic carbocycles. The summed E-state index contributed by atoms with van der Waals surface area (Å²) >= 11 is 1.42. The van der Waals surface area contributed by atoms with Crippen molar-refractivity contribution in [1.29, 1.82) is 5.26 Å². The van der Waals surface area contributed by atoms with Crippen LogP contribution in [-0.2, 0) is 10.5 Å². The number of benzene rings is 2. The molecule has 2 aromatic rings. The molecule has 0 heterocycles. The van der Waals surface area contributed by atoms with Gasteiger partial charge in [0, 0.05) is 11.4 Å². The molecule has 26 heavy (non-hydrogen) atoms. The lowest BCUT2D eigenvalue weighted by atomic mass is 10.2. The average Bonchev–Trinajstić information content (AvgIpc) is 2.61. The molecule has 2 aromatic carbocycles. The van der Waals surface area contributed by atoms with Crippen LogP contribution in [0.5, 0.6) is 5.75 Å². The summed E-state index contributed by atoms with van der Waals surface area (Å²) in [6, 6.07) is 14.8. The van der Waals surface area contributed by atoms with Crippen molar-refractivity contribution in [2.24, 2.45) is 0 Å². The Morgan fingerprint density at radius 3 is 2.35 bits per heavy atom. The predicted octanol–water partition coefficient (Wildman–Crippen LogP) is 4.37. The molecular weight excluding hydrogens is 365 g/mol. The van der Waals surface area contributed by atoms with E-state index in [-0.39, 0.29) is 17.4 Å². The van der Waals surface area contributed by atoms with Crippen LogP contribution in [0.25, 0.3) is 0 Å². The van der Waals surface area contributed by atoms with Crippen molar-refractivity contribution in [3.63, 3.8) is 0 Å². The standard InChI is InChI=1S/C18H15F3N2O2S/c19-18(20,21)12-25-16-7-5-15(6-8-16)23-17(24)11-26-10-14-3-1-13(9-22)2-4-14/h1-8H,10-12H2,(H,23,24). The van der Waals surface area contributed by atoms with E-state index in [2.05, 4.69) is 10.1 Å². The van der Waals surface area contributed by atoms with E-state index in [0.717, 1.165) is 5.56 Å². The molecule has 136 valence electrons. The molecule has 0 saturated heterocycles. The highest BCUT2D eigenvalue weighted by atomic mass is 32.2. The van der Waals surface area contributed by atoms with Crippen molar-refractivity contribution in [2.75, 3.05) is 17.7 Å². The second-order valence-corrected chi connectivity index (χ2v) is 6.26. The van der Waals surface area contributed by atoms with Crippen LogP contribution in [0.15, 0.2) is 48.5 Å². The SMILES string of the molecule is N#Cc1ccc(CSCC(=O)Nc2ccc(OCC(F)(F)F)cc2)cc1. The summed E-state index contributed by atoms with van der Waals surface area (Å²) in [5, 5.41) is 11.4. The number of halogens is 3. The maximum atomic E-state index is 12.1. The second kappa shape index (κ2) is 9.15. The molecule has 0 bridgehead atoms. The number of hydrogen-bond acceptors (Lipinski definition) is 4. The lowest BCUT2D eigenvalue weighted by Gasteiger charge is -2.10. The summed E-state index contributed by atoms with van der Waals surface area (Å²) in [6.45, 7) is -1.36. The highest BCUT2D eigenvalue weighted by molar-refractivity contribution is 7.99. The van der Waals surface area contributed by atoms with Crippen molar-refractivity contribution >= 4 is 23.4 Å². The van der Waals surface area contributed by atoms with Crippen molar-refractivity contribution in [3.8, 4) is 11.8 Å². The van der Waals surface area contributed by atoms with Gasteiger partial charge in [0.15, 0.2) is 6.61 Å². The van der Waals surface area contributed by atoms with Gasteiger partial charge in [-0.05, 0) is 42.0 Å². The van der Waals surface area contributed by atoms with Crippen LogP contribution in [0, 0.1) is 11.3 Å².